The van der Waals surface area contributed by atoms with Crippen LogP contribution in [0.5, 0.6) is 5.75 Å². The van der Waals surface area contributed by atoms with Crippen molar-refractivity contribution >= 4 is 19.7 Å². The first-order valence-electron chi connectivity index (χ1n) is 4.66. The van der Waals surface area contributed by atoms with Gasteiger partial charge in [0.1, 0.15) is 12.4 Å². The molecule has 0 heterocycles. The first kappa shape index (κ1) is 13.1. The van der Waals surface area contributed by atoms with E-state index in [2.05, 4.69) is 6.58 Å². The van der Waals surface area contributed by atoms with Gasteiger partial charge in [0.15, 0.2) is 0 Å². The highest BCUT2D eigenvalue weighted by Crippen LogP contribution is 2.28. The van der Waals surface area contributed by atoms with Crippen LogP contribution in [0.4, 0.5) is 0 Å². The molecule has 5 heteroatoms. The van der Waals surface area contributed by atoms with Crippen LogP contribution in [0, 0.1) is 13.8 Å². The number of rotatable bonds is 4. The zero-order valence-electron chi connectivity index (χ0n) is 9.16. The molecule has 88 valence electrons. The molecule has 1 aromatic carbocycles. The van der Waals surface area contributed by atoms with E-state index in [1.54, 1.807) is 32.1 Å². The summed E-state index contributed by atoms with van der Waals surface area (Å²) < 4.78 is 27.9. The maximum absolute atomic E-state index is 11.3. The average Bonchev–Trinajstić information content (AvgIpc) is 2.11. The lowest BCUT2D eigenvalue weighted by Crippen LogP contribution is -2.00. The number of benzene rings is 1. The summed E-state index contributed by atoms with van der Waals surface area (Å²) in [7, 11) is 1.64. The summed E-state index contributed by atoms with van der Waals surface area (Å²) in [5.74, 6) is 0.610. The van der Waals surface area contributed by atoms with Gasteiger partial charge in [0.05, 0.1) is 4.90 Å². The Hall–Kier alpha value is -1.00. The van der Waals surface area contributed by atoms with Crippen LogP contribution in [0.2, 0.25) is 0 Å². The number of hydrogen-bond acceptors (Lipinski definition) is 3. The third-order valence-electron chi connectivity index (χ3n) is 2.05. The van der Waals surface area contributed by atoms with Gasteiger partial charge in [-0.2, -0.15) is 0 Å². The van der Waals surface area contributed by atoms with Crippen molar-refractivity contribution in [2.75, 3.05) is 6.61 Å². The molecule has 0 aliphatic heterocycles. The summed E-state index contributed by atoms with van der Waals surface area (Å²) in [6, 6.07) is 3.29. The molecule has 0 unspecified atom stereocenters. The molecule has 0 aromatic heterocycles. The molecule has 0 saturated carbocycles. The summed E-state index contributed by atoms with van der Waals surface area (Å²) in [5.41, 5.74) is 1.16. The van der Waals surface area contributed by atoms with Crippen LogP contribution in [0.25, 0.3) is 0 Å². The van der Waals surface area contributed by atoms with Crippen LogP contribution in [0.15, 0.2) is 29.7 Å². The van der Waals surface area contributed by atoms with Gasteiger partial charge in [0.25, 0.3) is 9.05 Å². The molecular weight excluding hydrogens is 248 g/mol. The Morgan fingerprint density at radius 1 is 1.38 bits per heavy atom. The van der Waals surface area contributed by atoms with Crippen LogP contribution in [0.1, 0.15) is 11.1 Å². The van der Waals surface area contributed by atoms with Crippen molar-refractivity contribution in [2.24, 2.45) is 0 Å². The van der Waals surface area contributed by atoms with Crippen LogP contribution in [-0.2, 0) is 9.05 Å². The maximum atomic E-state index is 11.3. The molecule has 0 spiro atoms. The predicted molar refractivity (Wildman–Crippen MR) is 64.6 cm³/mol. The average molecular weight is 261 g/mol. The second-order valence-corrected chi connectivity index (χ2v) is 5.93. The molecule has 0 amide bonds. The molecule has 0 bridgehead atoms. The van der Waals surface area contributed by atoms with E-state index >= 15 is 0 Å². The van der Waals surface area contributed by atoms with Crippen molar-refractivity contribution < 1.29 is 13.2 Å². The van der Waals surface area contributed by atoms with Gasteiger partial charge >= 0.3 is 0 Å². The third kappa shape index (κ3) is 3.00. The third-order valence-corrected chi connectivity index (χ3v) is 3.64. The monoisotopic (exact) mass is 260 g/mol. The molecule has 0 atom stereocenters. The summed E-state index contributed by atoms with van der Waals surface area (Å²) in [5, 5.41) is 0. The lowest BCUT2D eigenvalue weighted by Gasteiger charge is -2.10. The van der Waals surface area contributed by atoms with E-state index in [-0.39, 0.29) is 4.90 Å². The highest BCUT2D eigenvalue weighted by atomic mass is 35.7. The zero-order chi connectivity index (χ0) is 12.3. The van der Waals surface area contributed by atoms with Gasteiger partial charge in [0.2, 0.25) is 0 Å². The van der Waals surface area contributed by atoms with Gasteiger partial charge in [-0.25, -0.2) is 8.42 Å². The molecule has 0 aliphatic carbocycles. The summed E-state index contributed by atoms with van der Waals surface area (Å²) in [6.45, 7) is 7.28. The lowest BCUT2D eigenvalue weighted by atomic mass is 10.1. The van der Waals surface area contributed by atoms with Crippen molar-refractivity contribution in [1.82, 2.24) is 0 Å². The molecule has 0 radical (unpaired) electrons. The van der Waals surface area contributed by atoms with Crippen molar-refractivity contribution in [2.45, 2.75) is 18.7 Å². The van der Waals surface area contributed by atoms with Gasteiger partial charge in [-0.15, -0.1) is 0 Å². The van der Waals surface area contributed by atoms with Crippen LogP contribution < -0.4 is 4.74 Å². The Bertz CT molecular complexity index is 483. The van der Waals surface area contributed by atoms with Crippen molar-refractivity contribution in [3.63, 3.8) is 0 Å². The van der Waals surface area contributed by atoms with Gasteiger partial charge < -0.3 is 4.74 Å². The summed E-state index contributed by atoms with van der Waals surface area (Å²) >= 11 is 0. The first-order chi connectivity index (χ1) is 7.36. The lowest BCUT2D eigenvalue weighted by molar-refractivity contribution is 0.362. The van der Waals surface area contributed by atoms with Gasteiger partial charge in [0, 0.05) is 10.7 Å². The van der Waals surface area contributed by atoms with Crippen molar-refractivity contribution in [3.05, 3.63) is 35.9 Å². The molecule has 0 aliphatic rings. The van der Waals surface area contributed by atoms with E-state index in [1.807, 2.05) is 0 Å². The number of halogens is 1. The molecule has 16 heavy (non-hydrogen) atoms. The number of aryl methyl sites for hydroxylation is 2. The highest BCUT2D eigenvalue weighted by molar-refractivity contribution is 8.13. The Balaban J connectivity index is 3.23. The molecule has 1 aromatic rings. The summed E-state index contributed by atoms with van der Waals surface area (Å²) in [4.78, 5) is 0.153. The van der Waals surface area contributed by atoms with E-state index in [0.717, 1.165) is 0 Å². The molecule has 0 saturated heterocycles. The van der Waals surface area contributed by atoms with Gasteiger partial charge in [-0.3, -0.25) is 0 Å². The summed E-state index contributed by atoms with van der Waals surface area (Å²) in [6.07, 6.45) is 1.62. The molecule has 0 fully saturated rings. The van der Waals surface area contributed by atoms with Crippen LogP contribution in [0.3, 0.4) is 0 Å². The van der Waals surface area contributed by atoms with E-state index in [0.29, 0.717) is 23.5 Å². The topological polar surface area (TPSA) is 43.4 Å². The Morgan fingerprint density at radius 2 is 1.88 bits per heavy atom. The predicted octanol–water partition coefficient (Wildman–Crippen LogP) is 2.80. The largest absolute Gasteiger partial charge is 0.490 e. The number of ether oxygens (including phenoxy) is 1. The smallest absolute Gasteiger partial charge is 0.261 e. The fraction of sp³-hybridized carbons (Fsp3) is 0.273. The molecule has 3 nitrogen and oxygen atoms in total. The van der Waals surface area contributed by atoms with Gasteiger partial charge in [-0.05, 0) is 37.1 Å². The quantitative estimate of drug-likeness (QED) is 0.618. The second-order valence-electron chi connectivity index (χ2n) is 3.42. The first-order valence-corrected chi connectivity index (χ1v) is 6.97. The molecule has 1 rings (SSSR count). The highest BCUT2D eigenvalue weighted by Gasteiger charge is 2.17. The minimum Gasteiger partial charge on any atom is -0.490 e. The van der Waals surface area contributed by atoms with E-state index in [1.165, 1.54) is 0 Å². The van der Waals surface area contributed by atoms with Crippen LogP contribution >= 0.6 is 10.7 Å². The van der Waals surface area contributed by atoms with E-state index < -0.39 is 9.05 Å². The fourth-order valence-corrected chi connectivity index (χ4v) is 3.15. The normalized spacial score (nSPS) is 11.2. The SMILES string of the molecule is C=CCOc1cc(C)c(S(=O)(=O)Cl)c(C)c1. The number of hydrogen-bond donors (Lipinski definition) is 0. The fourth-order valence-electron chi connectivity index (χ4n) is 1.53. The minimum atomic E-state index is -3.70. The minimum absolute atomic E-state index is 0.153. The Morgan fingerprint density at radius 3 is 2.25 bits per heavy atom. The standard InChI is InChI=1S/C11H13ClO3S/c1-4-5-15-10-6-8(2)11(9(3)7-10)16(12,13)14/h4,6-7H,1,5H2,2-3H3. The molecule has 0 N–H and O–H groups in total. The van der Waals surface area contributed by atoms with Crippen molar-refractivity contribution in [3.8, 4) is 5.75 Å². The van der Waals surface area contributed by atoms with E-state index in [4.69, 9.17) is 15.4 Å². The second kappa shape index (κ2) is 4.89. The van der Waals surface area contributed by atoms with Gasteiger partial charge in [-0.1, -0.05) is 12.7 Å². The zero-order valence-corrected chi connectivity index (χ0v) is 10.7. The van der Waals surface area contributed by atoms with Crippen molar-refractivity contribution in [1.29, 1.82) is 0 Å². The van der Waals surface area contributed by atoms with E-state index in [9.17, 15) is 8.42 Å². The molecular formula is C11H13ClO3S. The maximum Gasteiger partial charge on any atom is 0.261 e. The Labute approximate surface area is 100 Å². The van der Waals surface area contributed by atoms with Crippen LogP contribution in [-0.4, -0.2) is 15.0 Å². The Kier molecular flexibility index (Phi) is 3.99.